The molecule has 45 heavy (non-hydrogen) atoms. The molecule has 0 saturated carbocycles. The molecule has 2 amide bonds. The fourth-order valence-electron chi connectivity index (χ4n) is 5.49. The molecule has 9 heteroatoms. The van der Waals surface area contributed by atoms with E-state index in [1.807, 2.05) is 36.4 Å². The van der Waals surface area contributed by atoms with Crippen LogP contribution in [0.4, 0.5) is 4.79 Å². The third-order valence-electron chi connectivity index (χ3n) is 8.20. The molecule has 1 aliphatic rings. The van der Waals surface area contributed by atoms with Crippen molar-refractivity contribution in [1.29, 1.82) is 5.41 Å². The topological polar surface area (TPSA) is 127 Å². The predicted octanol–water partition coefficient (Wildman–Crippen LogP) is 7.55. The van der Waals surface area contributed by atoms with Crippen molar-refractivity contribution in [2.45, 2.75) is 103 Å². The van der Waals surface area contributed by atoms with E-state index in [1.165, 1.54) is 71.3 Å². The summed E-state index contributed by atoms with van der Waals surface area (Å²) >= 11 is 0. The monoisotopic (exact) mass is 621 g/mol. The Kier molecular flexibility index (Phi) is 16.0. The van der Waals surface area contributed by atoms with E-state index in [1.54, 1.807) is 12.1 Å². The highest BCUT2D eigenvalue weighted by Gasteiger charge is 2.34. The first-order chi connectivity index (χ1) is 21.9. The number of rotatable bonds is 20. The first kappa shape index (κ1) is 35.6. The number of carbonyl (C=O) groups excluding carboxylic acids is 3. The zero-order valence-electron chi connectivity index (χ0n) is 27.0. The second-order valence-corrected chi connectivity index (χ2v) is 11.9. The van der Waals surface area contributed by atoms with E-state index in [0.717, 1.165) is 24.0 Å². The summed E-state index contributed by atoms with van der Waals surface area (Å²) in [4.78, 5) is 35.7. The number of hydrogen-bond acceptors (Lipinski definition) is 7. The second-order valence-electron chi connectivity index (χ2n) is 11.9. The van der Waals surface area contributed by atoms with E-state index in [2.05, 4.69) is 22.3 Å². The number of carbonyl (C=O) groups is 3. The molecule has 0 aliphatic carbocycles. The van der Waals surface area contributed by atoms with Crippen LogP contribution in [-0.4, -0.2) is 50.2 Å². The van der Waals surface area contributed by atoms with E-state index in [0.29, 0.717) is 30.9 Å². The first-order valence-corrected chi connectivity index (χ1v) is 16.6. The van der Waals surface area contributed by atoms with Crippen LogP contribution in [0.5, 0.6) is 5.75 Å². The van der Waals surface area contributed by atoms with Crippen molar-refractivity contribution in [3.63, 3.8) is 0 Å². The summed E-state index contributed by atoms with van der Waals surface area (Å²) in [6, 6.07) is 14.8. The summed E-state index contributed by atoms with van der Waals surface area (Å²) in [5.41, 5.74) is 2.52. The number of nitrogens with one attached hydrogen (secondary N) is 3. The van der Waals surface area contributed by atoms with Crippen LogP contribution < -0.4 is 15.4 Å². The zero-order valence-corrected chi connectivity index (χ0v) is 27.0. The highest BCUT2D eigenvalue weighted by Crippen LogP contribution is 2.25. The molecule has 2 atom stereocenters. The van der Waals surface area contributed by atoms with Crippen molar-refractivity contribution in [2.24, 2.45) is 5.92 Å². The molecule has 2 aromatic carbocycles. The fourth-order valence-corrected chi connectivity index (χ4v) is 5.49. The van der Waals surface area contributed by atoms with E-state index < -0.39 is 12.1 Å². The molecule has 1 heterocycles. The van der Waals surface area contributed by atoms with Gasteiger partial charge in [0.2, 0.25) is 5.91 Å². The lowest BCUT2D eigenvalue weighted by atomic mass is 10.0. The molecular formula is C36H51N3O6. The maximum Gasteiger partial charge on any atom is 0.412 e. The predicted molar refractivity (Wildman–Crippen MR) is 176 cm³/mol. The molecule has 1 aliphatic heterocycles. The van der Waals surface area contributed by atoms with Gasteiger partial charge in [0, 0.05) is 5.56 Å². The summed E-state index contributed by atoms with van der Waals surface area (Å²) in [5, 5.41) is 13.6. The number of amidine groups is 1. The Labute approximate surface area is 268 Å². The van der Waals surface area contributed by atoms with Crippen LogP contribution in [0.25, 0.3) is 11.1 Å². The molecular weight excluding hydrogens is 570 g/mol. The normalized spacial score (nSPS) is 15.7. The molecule has 246 valence electrons. The van der Waals surface area contributed by atoms with Gasteiger partial charge in [0.1, 0.15) is 18.2 Å². The summed E-state index contributed by atoms with van der Waals surface area (Å²) in [5.74, 6) is -0.256. The van der Waals surface area contributed by atoms with Crippen molar-refractivity contribution >= 4 is 23.8 Å². The average Bonchev–Trinajstić information content (AvgIpc) is 3.40. The van der Waals surface area contributed by atoms with Crippen molar-refractivity contribution in [3.05, 3.63) is 54.1 Å². The van der Waals surface area contributed by atoms with Crippen LogP contribution in [0.3, 0.4) is 0 Å². The molecule has 1 saturated heterocycles. The molecule has 3 N–H and O–H groups in total. The van der Waals surface area contributed by atoms with Crippen molar-refractivity contribution < 1.29 is 28.6 Å². The Balaban J connectivity index is 1.29. The Morgan fingerprint density at radius 2 is 1.40 bits per heavy atom. The van der Waals surface area contributed by atoms with Crippen LogP contribution in [0.1, 0.15) is 102 Å². The Morgan fingerprint density at radius 1 is 0.844 bits per heavy atom. The van der Waals surface area contributed by atoms with Gasteiger partial charge < -0.3 is 19.5 Å². The summed E-state index contributed by atoms with van der Waals surface area (Å²) in [6.07, 6.45) is 15.0. The quantitative estimate of drug-likeness (QED) is 0.0606. The number of ether oxygens (including phenoxy) is 3. The van der Waals surface area contributed by atoms with Crippen molar-refractivity contribution in [1.82, 2.24) is 10.6 Å². The van der Waals surface area contributed by atoms with Crippen molar-refractivity contribution in [2.75, 3.05) is 20.3 Å². The van der Waals surface area contributed by atoms with Gasteiger partial charge in [-0.05, 0) is 36.1 Å². The largest absolute Gasteiger partial charge is 0.491 e. The third kappa shape index (κ3) is 13.3. The first-order valence-electron chi connectivity index (χ1n) is 16.6. The maximum atomic E-state index is 12.1. The second kappa shape index (κ2) is 20.2. The highest BCUT2D eigenvalue weighted by molar-refractivity contribution is 6.04. The maximum absolute atomic E-state index is 12.1. The number of benzene rings is 2. The van der Waals surface area contributed by atoms with Gasteiger partial charge in [-0.2, -0.15) is 0 Å². The van der Waals surface area contributed by atoms with Gasteiger partial charge in [-0.3, -0.25) is 20.3 Å². The smallest absolute Gasteiger partial charge is 0.412 e. The van der Waals surface area contributed by atoms with Crippen LogP contribution in [0, 0.1) is 11.3 Å². The number of amides is 2. The summed E-state index contributed by atoms with van der Waals surface area (Å²) in [7, 11) is 1.32. The van der Waals surface area contributed by atoms with Crippen LogP contribution in [-0.2, 0) is 19.1 Å². The minimum Gasteiger partial charge on any atom is -0.491 e. The average molecular weight is 622 g/mol. The SMILES string of the molecule is CCCCCCCCCCCCCCOC(=O)NC(=N)c1ccc(-c2ccc(OC[C@@H]3C[C@@H](CC(=O)OC)C(=O)N3)cc2)cc1. The lowest BCUT2D eigenvalue weighted by Gasteiger charge is -2.13. The van der Waals surface area contributed by atoms with Gasteiger partial charge in [-0.25, -0.2) is 4.79 Å². The van der Waals surface area contributed by atoms with Gasteiger partial charge in [-0.1, -0.05) is 114 Å². The molecule has 3 rings (SSSR count). The van der Waals surface area contributed by atoms with E-state index in [-0.39, 0.29) is 30.1 Å². The van der Waals surface area contributed by atoms with Gasteiger partial charge in [0.15, 0.2) is 0 Å². The van der Waals surface area contributed by atoms with Gasteiger partial charge in [0.05, 0.1) is 32.1 Å². The Morgan fingerprint density at radius 3 is 1.98 bits per heavy atom. The third-order valence-corrected chi connectivity index (χ3v) is 8.20. The number of unbranched alkanes of at least 4 members (excludes halogenated alkanes) is 11. The number of hydrogen-bond donors (Lipinski definition) is 3. The standard InChI is InChI=1S/C36H51N3O6/c1-3-4-5-6-7-8-9-10-11-12-13-14-23-44-36(42)39-34(37)29-17-15-27(16-18-29)28-19-21-32(22-20-28)45-26-31-24-30(35(41)38-31)25-33(40)43-2/h15-22,30-31H,3-14,23-26H2,1-2H3,(H,38,41)(H2,37,39,42)/t30-,31-/m0/s1. The highest BCUT2D eigenvalue weighted by atomic mass is 16.5. The minimum absolute atomic E-state index is 0.00202. The lowest BCUT2D eigenvalue weighted by Crippen LogP contribution is -2.31. The summed E-state index contributed by atoms with van der Waals surface area (Å²) < 4.78 is 15.8. The molecule has 0 spiro atoms. The molecule has 2 aromatic rings. The van der Waals surface area contributed by atoms with Crippen molar-refractivity contribution in [3.8, 4) is 16.9 Å². The van der Waals surface area contributed by atoms with E-state index in [9.17, 15) is 14.4 Å². The number of esters is 1. The lowest BCUT2D eigenvalue weighted by molar-refractivity contribution is -0.143. The molecule has 9 nitrogen and oxygen atoms in total. The minimum atomic E-state index is -0.598. The molecule has 1 fully saturated rings. The van der Waals surface area contributed by atoms with Crippen LogP contribution >= 0.6 is 0 Å². The molecule has 0 bridgehead atoms. The van der Waals surface area contributed by atoms with Gasteiger partial charge >= 0.3 is 12.1 Å². The van der Waals surface area contributed by atoms with E-state index in [4.69, 9.17) is 14.9 Å². The van der Waals surface area contributed by atoms with Crippen LogP contribution in [0.15, 0.2) is 48.5 Å². The zero-order chi connectivity index (χ0) is 32.3. The van der Waals surface area contributed by atoms with Gasteiger partial charge in [0.25, 0.3) is 0 Å². The molecule has 0 aromatic heterocycles. The molecule has 0 unspecified atom stereocenters. The number of methoxy groups -OCH3 is 1. The van der Waals surface area contributed by atoms with Gasteiger partial charge in [-0.15, -0.1) is 0 Å². The fraction of sp³-hybridized carbons (Fsp3) is 0.556. The van der Waals surface area contributed by atoms with Crippen LogP contribution in [0.2, 0.25) is 0 Å². The summed E-state index contributed by atoms with van der Waals surface area (Å²) in [6.45, 7) is 2.93. The number of alkyl carbamates (subject to hydrolysis) is 1. The Bertz CT molecular complexity index is 1200. The molecule has 0 radical (unpaired) electrons. The van der Waals surface area contributed by atoms with E-state index >= 15 is 0 Å². The Hall–Kier alpha value is -3.88.